The van der Waals surface area contributed by atoms with Gasteiger partial charge in [0.2, 0.25) is 0 Å². The van der Waals surface area contributed by atoms with E-state index in [-0.39, 0.29) is 17.8 Å². The second-order valence-corrected chi connectivity index (χ2v) is 6.60. The summed E-state index contributed by atoms with van der Waals surface area (Å²) in [7, 11) is 0. The maximum absolute atomic E-state index is 13.6. The molecule has 0 saturated carbocycles. The molecule has 2 aromatic carbocycles. The first kappa shape index (κ1) is 16.2. The number of benzene rings is 2. The van der Waals surface area contributed by atoms with Gasteiger partial charge in [0.25, 0.3) is 5.91 Å². The fourth-order valence-electron chi connectivity index (χ4n) is 1.91. The molecule has 21 heavy (non-hydrogen) atoms. The molecule has 2 aromatic rings. The van der Waals surface area contributed by atoms with Crippen molar-refractivity contribution in [2.24, 2.45) is 0 Å². The molecule has 2 rings (SSSR count). The number of hydrogen-bond donors (Lipinski definition) is 1. The molecular formula is C16H14Br2FNO. The molecule has 1 atom stereocenters. The molecule has 0 fully saturated rings. The molecule has 0 aromatic heterocycles. The quantitative estimate of drug-likeness (QED) is 0.739. The standard InChI is InChI=1S/C16H14Br2FNO/c1-9-3-4-11(7-15(9)19)10(2)20-16(21)13-6-5-12(17)8-14(13)18/h3-8,10H,1-2H3,(H,20,21). The second-order valence-electron chi connectivity index (χ2n) is 4.83. The summed E-state index contributed by atoms with van der Waals surface area (Å²) in [6.45, 7) is 3.54. The van der Waals surface area contributed by atoms with Crippen LogP contribution in [0.25, 0.3) is 0 Å². The topological polar surface area (TPSA) is 29.1 Å². The second kappa shape index (κ2) is 6.71. The lowest BCUT2D eigenvalue weighted by Gasteiger charge is -2.15. The number of amides is 1. The zero-order chi connectivity index (χ0) is 15.6. The summed E-state index contributed by atoms with van der Waals surface area (Å²) >= 11 is 6.71. The average molecular weight is 415 g/mol. The van der Waals surface area contributed by atoms with Gasteiger partial charge in [-0.25, -0.2) is 4.39 Å². The van der Waals surface area contributed by atoms with Crippen molar-refractivity contribution in [3.63, 3.8) is 0 Å². The number of rotatable bonds is 3. The summed E-state index contributed by atoms with van der Waals surface area (Å²) < 4.78 is 15.2. The van der Waals surface area contributed by atoms with Crippen LogP contribution in [-0.4, -0.2) is 5.91 Å². The van der Waals surface area contributed by atoms with Gasteiger partial charge in [-0.05, 0) is 65.2 Å². The van der Waals surface area contributed by atoms with E-state index in [0.717, 1.165) is 10.0 Å². The molecular weight excluding hydrogens is 401 g/mol. The van der Waals surface area contributed by atoms with E-state index in [4.69, 9.17) is 0 Å². The Bertz CT molecular complexity index is 688. The van der Waals surface area contributed by atoms with Gasteiger partial charge >= 0.3 is 0 Å². The van der Waals surface area contributed by atoms with Crippen LogP contribution in [0.5, 0.6) is 0 Å². The van der Waals surface area contributed by atoms with Crippen molar-refractivity contribution in [1.82, 2.24) is 5.32 Å². The van der Waals surface area contributed by atoms with Crippen molar-refractivity contribution in [3.8, 4) is 0 Å². The molecule has 110 valence electrons. The molecule has 0 bridgehead atoms. The van der Waals surface area contributed by atoms with Crippen LogP contribution >= 0.6 is 31.9 Å². The summed E-state index contributed by atoms with van der Waals surface area (Å²) in [6.07, 6.45) is 0. The van der Waals surface area contributed by atoms with Crippen molar-refractivity contribution < 1.29 is 9.18 Å². The Kier molecular flexibility index (Phi) is 5.17. The normalized spacial score (nSPS) is 12.0. The van der Waals surface area contributed by atoms with Crippen molar-refractivity contribution >= 4 is 37.8 Å². The smallest absolute Gasteiger partial charge is 0.252 e. The molecule has 0 heterocycles. The number of halogens is 3. The Hall–Kier alpha value is -1.20. The van der Waals surface area contributed by atoms with E-state index < -0.39 is 0 Å². The van der Waals surface area contributed by atoms with Gasteiger partial charge in [0.15, 0.2) is 0 Å². The van der Waals surface area contributed by atoms with Crippen LogP contribution in [0.15, 0.2) is 45.3 Å². The van der Waals surface area contributed by atoms with E-state index in [1.807, 2.05) is 19.1 Å². The summed E-state index contributed by atoms with van der Waals surface area (Å²) in [5.41, 5.74) is 1.87. The van der Waals surface area contributed by atoms with Crippen LogP contribution in [0.4, 0.5) is 4.39 Å². The third-order valence-electron chi connectivity index (χ3n) is 3.22. The third-order valence-corrected chi connectivity index (χ3v) is 4.37. The molecule has 0 aliphatic rings. The van der Waals surface area contributed by atoms with E-state index in [0.29, 0.717) is 15.6 Å². The maximum Gasteiger partial charge on any atom is 0.252 e. The Morgan fingerprint density at radius 1 is 1.19 bits per heavy atom. The Balaban J connectivity index is 2.16. The molecule has 2 nitrogen and oxygen atoms in total. The van der Waals surface area contributed by atoms with Crippen LogP contribution < -0.4 is 5.32 Å². The fraction of sp³-hybridized carbons (Fsp3) is 0.188. The van der Waals surface area contributed by atoms with Gasteiger partial charge in [0.05, 0.1) is 11.6 Å². The molecule has 0 radical (unpaired) electrons. The average Bonchev–Trinajstić information content (AvgIpc) is 2.41. The summed E-state index contributed by atoms with van der Waals surface area (Å²) in [4.78, 5) is 12.3. The number of hydrogen-bond acceptors (Lipinski definition) is 1. The van der Waals surface area contributed by atoms with Crippen molar-refractivity contribution in [2.75, 3.05) is 0 Å². The zero-order valence-electron chi connectivity index (χ0n) is 11.6. The summed E-state index contributed by atoms with van der Waals surface area (Å²) in [5, 5.41) is 2.87. The van der Waals surface area contributed by atoms with Crippen LogP contribution in [0.3, 0.4) is 0 Å². The number of nitrogens with one attached hydrogen (secondary N) is 1. The third kappa shape index (κ3) is 3.92. The van der Waals surface area contributed by atoms with E-state index in [1.54, 1.807) is 25.1 Å². The van der Waals surface area contributed by atoms with E-state index >= 15 is 0 Å². The van der Waals surface area contributed by atoms with Crippen molar-refractivity contribution in [3.05, 3.63) is 67.9 Å². The lowest BCUT2D eigenvalue weighted by Crippen LogP contribution is -2.27. The summed E-state index contributed by atoms with van der Waals surface area (Å²) in [5.74, 6) is -0.471. The van der Waals surface area contributed by atoms with Crippen LogP contribution in [0.2, 0.25) is 0 Å². The zero-order valence-corrected chi connectivity index (χ0v) is 14.8. The Morgan fingerprint density at radius 2 is 1.90 bits per heavy atom. The van der Waals surface area contributed by atoms with Gasteiger partial charge < -0.3 is 5.32 Å². The molecule has 0 aliphatic carbocycles. The number of carbonyl (C=O) groups is 1. The lowest BCUT2D eigenvalue weighted by molar-refractivity contribution is 0.0939. The largest absolute Gasteiger partial charge is 0.345 e. The predicted octanol–water partition coefficient (Wildman–Crippen LogP) is 5.15. The molecule has 0 spiro atoms. The molecule has 5 heteroatoms. The number of carbonyl (C=O) groups excluding carboxylic acids is 1. The minimum atomic E-state index is -0.275. The van der Waals surface area contributed by atoms with Gasteiger partial charge in [-0.2, -0.15) is 0 Å². The minimum Gasteiger partial charge on any atom is -0.345 e. The molecule has 0 aliphatic heterocycles. The van der Waals surface area contributed by atoms with Gasteiger partial charge in [-0.1, -0.05) is 28.1 Å². The lowest BCUT2D eigenvalue weighted by atomic mass is 10.1. The minimum absolute atomic E-state index is 0.206. The highest BCUT2D eigenvalue weighted by molar-refractivity contribution is 9.11. The predicted molar refractivity (Wildman–Crippen MR) is 88.9 cm³/mol. The molecule has 0 saturated heterocycles. The highest BCUT2D eigenvalue weighted by atomic mass is 79.9. The molecule has 1 amide bonds. The first-order valence-corrected chi connectivity index (χ1v) is 7.99. The van der Waals surface area contributed by atoms with E-state index in [1.165, 1.54) is 6.07 Å². The highest BCUT2D eigenvalue weighted by Gasteiger charge is 2.15. The number of aryl methyl sites for hydroxylation is 1. The molecule has 1 unspecified atom stereocenters. The SMILES string of the molecule is Cc1ccc(C(C)NC(=O)c2ccc(Br)cc2Br)cc1F. The monoisotopic (exact) mass is 413 g/mol. The Labute approximate surface area is 140 Å². The van der Waals surface area contributed by atoms with E-state index in [2.05, 4.69) is 37.2 Å². The first-order valence-electron chi connectivity index (χ1n) is 6.40. The summed E-state index contributed by atoms with van der Waals surface area (Å²) in [6, 6.07) is 10.1. The van der Waals surface area contributed by atoms with Gasteiger partial charge in [-0.15, -0.1) is 0 Å². The first-order chi connectivity index (χ1) is 9.88. The van der Waals surface area contributed by atoms with Gasteiger partial charge in [-0.3, -0.25) is 4.79 Å². The van der Waals surface area contributed by atoms with Crippen LogP contribution in [-0.2, 0) is 0 Å². The fourth-order valence-corrected chi connectivity index (χ4v) is 3.14. The highest BCUT2D eigenvalue weighted by Crippen LogP contribution is 2.23. The maximum atomic E-state index is 13.6. The van der Waals surface area contributed by atoms with Crippen molar-refractivity contribution in [1.29, 1.82) is 0 Å². The Morgan fingerprint density at radius 3 is 2.52 bits per heavy atom. The van der Waals surface area contributed by atoms with Gasteiger partial charge in [0, 0.05) is 8.95 Å². The van der Waals surface area contributed by atoms with Crippen LogP contribution in [0, 0.1) is 12.7 Å². The van der Waals surface area contributed by atoms with Crippen molar-refractivity contribution in [2.45, 2.75) is 19.9 Å². The molecule has 1 N–H and O–H groups in total. The van der Waals surface area contributed by atoms with Crippen LogP contribution in [0.1, 0.15) is 34.5 Å². The van der Waals surface area contributed by atoms with E-state index in [9.17, 15) is 9.18 Å². The van der Waals surface area contributed by atoms with Gasteiger partial charge in [0.1, 0.15) is 5.82 Å².